The molecule has 0 saturated heterocycles. The third-order valence-corrected chi connectivity index (χ3v) is 19.0. The molecule has 0 fully saturated rings. The predicted molar refractivity (Wildman–Crippen MR) is 381 cm³/mol. The molecule has 16 rings (SSSR count). The molecule has 0 N–H and O–H groups in total. The molecule has 0 bridgehead atoms. The number of hydrogen-bond acceptors (Lipinski definition) is 4. The van der Waals surface area contributed by atoms with Gasteiger partial charge in [-0.25, -0.2) is 0 Å². The number of fused-ring (bicyclic) bond motifs is 8. The van der Waals surface area contributed by atoms with Crippen LogP contribution >= 0.6 is 0 Å². The van der Waals surface area contributed by atoms with E-state index < -0.39 is 0 Å². The zero-order chi connectivity index (χ0) is 60.5. The van der Waals surface area contributed by atoms with Gasteiger partial charge in [-0.05, 0) is 200 Å². The summed E-state index contributed by atoms with van der Waals surface area (Å²) in [6, 6.07) is 120. The number of rotatable bonds is 13. The standard InChI is InChI=1S/C86H66N4/c1-85(2)79-33-17-15-31-75(79)77-55-53-71(57-81(77)85)87(63-25-7-5-8-26-63)65-45-49-69(50-46-65)89(83-35-19-23-61-21-11-13-29-73(61)83)67-41-37-59(38-42-67)60-39-43-68(44-40-60)90(84-36-20-24-62-22-12-14-30-74(62)84)70-51-47-66(48-52-70)88(64-27-9-6-10-28-64)72-54-56-78-76-32-16-18-34-80(76)86(3,4)82(78)58-72/h5-58H,1-4H3. The molecule has 14 aromatic carbocycles. The van der Waals surface area contributed by atoms with Gasteiger partial charge in [-0.15, -0.1) is 0 Å². The lowest BCUT2D eigenvalue weighted by Crippen LogP contribution is -2.16. The highest BCUT2D eigenvalue weighted by Crippen LogP contribution is 2.53. The largest absolute Gasteiger partial charge is 0.310 e. The van der Waals surface area contributed by atoms with Crippen molar-refractivity contribution >= 4 is 89.8 Å². The molecule has 2 aliphatic carbocycles. The normalized spacial score (nSPS) is 13.1. The molecule has 0 unspecified atom stereocenters. The van der Waals surface area contributed by atoms with Crippen LogP contribution in [0.3, 0.4) is 0 Å². The third-order valence-electron chi connectivity index (χ3n) is 19.0. The maximum atomic E-state index is 2.41. The molecule has 90 heavy (non-hydrogen) atoms. The third kappa shape index (κ3) is 9.22. The zero-order valence-electron chi connectivity index (χ0n) is 51.0. The average Bonchev–Trinajstić information content (AvgIpc) is 2.03. The summed E-state index contributed by atoms with van der Waals surface area (Å²) in [5.41, 5.74) is 25.9. The molecule has 0 atom stereocenters. The van der Waals surface area contributed by atoms with E-state index in [2.05, 4.69) is 375 Å². The molecule has 0 spiro atoms. The summed E-state index contributed by atoms with van der Waals surface area (Å²) in [5.74, 6) is 0. The van der Waals surface area contributed by atoms with Crippen LogP contribution in [-0.2, 0) is 10.8 Å². The number of anilines is 12. The first-order chi connectivity index (χ1) is 44.2. The highest BCUT2D eigenvalue weighted by Gasteiger charge is 2.37. The van der Waals surface area contributed by atoms with Gasteiger partial charge in [0.1, 0.15) is 0 Å². The number of para-hydroxylation sites is 2. The average molecular weight is 1160 g/mol. The van der Waals surface area contributed by atoms with Gasteiger partial charge in [-0.3, -0.25) is 0 Å². The minimum Gasteiger partial charge on any atom is -0.310 e. The topological polar surface area (TPSA) is 13.0 Å². The van der Waals surface area contributed by atoms with Crippen LogP contribution in [0.1, 0.15) is 49.9 Å². The lowest BCUT2D eigenvalue weighted by Gasteiger charge is -2.30. The van der Waals surface area contributed by atoms with E-state index in [0.717, 1.165) is 79.4 Å². The summed E-state index contributed by atoms with van der Waals surface area (Å²) in [4.78, 5) is 9.58. The summed E-state index contributed by atoms with van der Waals surface area (Å²) < 4.78 is 0. The van der Waals surface area contributed by atoms with Gasteiger partial charge in [0.05, 0.1) is 11.4 Å². The van der Waals surface area contributed by atoms with Crippen molar-refractivity contribution in [2.75, 3.05) is 19.6 Å². The fraction of sp³-hybridized carbons (Fsp3) is 0.0698. The van der Waals surface area contributed by atoms with Crippen molar-refractivity contribution in [2.24, 2.45) is 0 Å². The quantitative estimate of drug-likeness (QED) is 0.114. The van der Waals surface area contributed by atoms with E-state index in [-0.39, 0.29) is 10.8 Å². The molecular weight excluding hydrogens is 1090 g/mol. The maximum Gasteiger partial charge on any atom is 0.0540 e. The van der Waals surface area contributed by atoms with E-state index in [1.807, 2.05) is 0 Å². The molecule has 0 aromatic heterocycles. The Morgan fingerprint density at radius 1 is 0.200 bits per heavy atom. The van der Waals surface area contributed by atoms with Crippen LogP contribution in [0.15, 0.2) is 328 Å². The van der Waals surface area contributed by atoms with E-state index in [1.54, 1.807) is 0 Å². The van der Waals surface area contributed by atoms with Crippen LogP contribution in [0, 0.1) is 0 Å². The molecule has 0 amide bonds. The van der Waals surface area contributed by atoms with Crippen LogP contribution in [0.4, 0.5) is 68.2 Å². The molecule has 2 aliphatic rings. The van der Waals surface area contributed by atoms with E-state index in [4.69, 9.17) is 0 Å². The van der Waals surface area contributed by atoms with Gasteiger partial charge in [-0.1, -0.05) is 222 Å². The molecule has 430 valence electrons. The molecule has 0 aliphatic heterocycles. The molecule has 4 heteroatoms. The highest BCUT2D eigenvalue weighted by atomic mass is 15.2. The smallest absolute Gasteiger partial charge is 0.0540 e. The van der Waals surface area contributed by atoms with Gasteiger partial charge in [0.25, 0.3) is 0 Å². The molecule has 0 heterocycles. The number of hydrogen-bond donors (Lipinski definition) is 0. The van der Waals surface area contributed by atoms with Crippen molar-refractivity contribution in [3.63, 3.8) is 0 Å². The highest BCUT2D eigenvalue weighted by molar-refractivity contribution is 6.01. The van der Waals surface area contributed by atoms with Crippen LogP contribution in [-0.4, -0.2) is 0 Å². The van der Waals surface area contributed by atoms with Gasteiger partial charge in [0, 0.05) is 78.5 Å². The minimum atomic E-state index is -0.121. The fourth-order valence-electron chi connectivity index (χ4n) is 14.5. The summed E-state index contributed by atoms with van der Waals surface area (Å²) in [6.45, 7) is 9.41. The minimum absolute atomic E-state index is 0.121. The van der Waals surface area contributed by atoms with Gasteiger partial charge in [0.2, 0.25) is 0 Å². The second-order valence-electron chi connectivity index (χ2n) is 24.9. The number of nitrogens with zero attached hydrogens (tertiary/aromatic N) is 4. The van der Waals surface area contributed by atoms with Crippen molar-refractivity contribution in [3.05, 3.63) is 350 Å². The van der Waals surface area contributed by atoms with Gasteiger partial charge in [-0.2, -0.15) is 0 Å². The lowest BCUT2D eigenvalue weighted by atomic mass is 9.82. The zero-order valence-corrected chi connectivity index (χ0v) is 51.0. The SMILES string of the molecule is CC1(C)c2ccccc2-c2ccc(N(c3ccccc3)c3ccc(N(c4ccc(-c5ccc(N(c6ccc(N(c7ccccc7)c7ccc8c(c7)C(C)(C)c7ccccc7-8)cc6)c6cccc7ccccc67)cc5)cc4)c4cccc5ccccc45)cc3)cc21. The van der Waals surface area contributed by atoms with Crippen molar-refractivity contribution in [2.45, 2.75) is 38.5 Å². The van der Waals surface area contributed by atoms with E-state index in [9.17, 15) is 0 Å². The first kappa shape index (κ1) is 54.2. The second kappa shape index (κ2) is 21.9. The molecule has 0 radical (unpaired) electrons. The summed E-state index contributed by atoms with van der Waals surface area (Å²) in [5, 5.41) is 4.76. The summed E-state index contributed by atoms with van der Waals surface area (Å²) in [7, 11) is 0. The molecule has 14 aromatic rings. The Labute approximate surface area is 528 Å². The van der Waals surface area contributed by atoms with Crippen molar-refractivity contribution in [1.29, 1.82) is 0 Å². The Balaban J connectivity index is 0.735. The van der Waals surface area contributed by atoms with E-state index in [1.165, 1.54) is 66.1 Å². The molecule has 4 nitrogen and oxygen atoms in total. The Morgan fingerprint density at radius 3 is 0.867 bits per heavy atom. The van der Waals surface area contributed by atoms with Crippen LogP contribution in [0.5, 0.6) is 0 Å². The fourth-order valence-corrected chi connectivity index (χ4v) is 14.5. The monoisotopic (exact) mass is 1150 g/mol. The Hall–Kier alpha value is -11.2. The van der Waals surface area contributed by atoms with E-state index >= 15 is 0 Å². The maximum absolute atomic E-state index is 2.41. The van der Waals surface area contributed by atoms with E-state index in [0.29, 0.717) is 0 Å². The van der Waals surface area contributed by atoms with Gasteiger partial charge >= 0.3 is 0 Å². The first-order valence-electron chi connectivity index (χ1n) is 31.3. The van der Waals surface area contributed by atoms with Gasteiger partial charge < -0.3 is 19.6 Å². The van der Waals surface area contributed by atoms with Crippen LogP contribution in [0.25, 0.3) is 54.9 Å². The molecular formula is C86H66N4. The Bertz CT molecular complexity index is 4660. The summed E-state index contributed by atoms with van der Waals surface area (Å²) >= 11 is 0. The lowest BCUT2D eigenvalue weighted by molar-refractivity contribution is 0.660. The van der Waals surface area contributed by atoms with Crippen molar-refractivity contribution < 1.29 is 0 Å². The number of benzene rings is 14. The first-order valence-corrected chi connectivity index (χ1v) is 31.3. The van der Waals surface area contributed by atoms with Crippen LogP contribution in [0.2, 0.25) is 0 Å². The predicted octanol–water partition coefficient (Wildman–Crippen LogP) is 24.2. The van der Waals surface area contributed by atoms with Crippen molar-refractivity contribution in [3.8, 4) is 33.4 Å². The Kier molecular flexibility index (Phi) is 13.2. The molecule has 0 saturated carbocycles. The Morgan fingerprint density at radius 2 is 0.478 bits per heavy atom. The van der Waals surface area contributed by atoms with Crippen LogP contribution < -0.4 is 19.6 Å². The van der Waals surface area contributed by atoms with Gasteiger partial charge in [0.15, 0.2) is 0 Å². The van der Waals surface area contributed by atoms with Crippen molar-refractivity contribution in [1.82, 2.24) is 0 Å². The summed E-state index contributed by atoms with van der Waals surface area (Å²) in [6.07, 6.45) is 0. The second-order valence-corrected chi connectivity index (χ2v) is 24.9.